The molecule has 0 saturated heterocycles. The fourth-order valence-electron chi connectivity index (χ4n) is 2.25. The molecule has 0 fully saturated rings. The van der Waals surface area contributed by atoms with Gasteiger partial charge in [0.25, 0.3) is 0 Å². The summed E-state index contributed by atoms with van der Waals surface area (Å²) in [5, 5.41) is 3.72. The molecule has 0 heterocycles. The van der Waals surface area contributed by atoms with E-state index in [2.05, 4.69) is 5.32 Å². The van der Waals surface area contributed by atoms with Crippen LogP contribution in [0.3, 0.4) is 0 Å². The van der Waals surface area contributed by atoms with Crippen LogP contribution in [0.25, 0.3) is 0 Å². The standard InChI is InChI=1S/C16H15Cl2F2N/c1-2-21-15(12-7-6-11(19)9-13(12)17)8-10-4-3-5-14(20)16(10)18/h3-7,9,15,21H,2,8H2,1H3. The molecular formula is C16H15Cl2F2N. The van der Waals surface area contributed by atoms with Gasteiger partial charge in [-0.2, -0.15) is 0 Å². The Morgan fingerprint density at radius 3 is 2.57 bits per heavy atom. The monoisotopic (exact) mass is 329 g/mol. The quantitative estimate of drug-likeness (QED) is 0.798. The van der Waals surface area contributed by atoms with Gasteiger partial charge < -0.3 is 5.32 Å². The van der Waals surface area contributed by atoms with Crippen molar-refractivity contribution in [1.82, 2.24) is 5.32 Å². The summed E-state index contributed by atoms with van der Waals surface area (Å²) in [4.78, 5) is 0. The van der Waals surface area contributed by atoms with Gasteiger partial charge >= 0.3 is 0 Å². The highest BCUT2D eigenvalue weighted by Crippen LogP contribution is 2.29. The first kappa shape index (κ1) is 16.2. The number of hydrogen-bond acceptors (Lipinski definition) is 1. The van der Waals surface area contributed by atoms with E-state index >= 15 is 0 Å². The van der Waals surface area contributed by atoms with Gasteiger partial charge in [0.15, 0.2) is 0 Å². The van der Waals surface area contributed by atoms with Gasteiger partial charge in [0.05, 0.1) is 5.02 Å². The Hall–Kier alpha value is -1.16. The number of likely N-dealkylation sites (N-methyl/N-ethyl adjacent to an activating group) is 1. The third kappa shape index (κ3) is 3.94. The molecule has 5 heteroatoms. The van der Waals surface area contributed by atoms with Crippen LogP contribution in [0, 0.1) is 11.6 Å². The predicted octanol–water partition coefficient (Wildman–Crippen LogP) is 5.16. The summed E-state index contributed by atoms with van der Waals surface area (Å²) in [5.74, 6) is -0.836. The zero-order valence-electron chi connectivity index (χ0n) is 11.5. The van der Waals surface area contributed by atoms with E-state index in [4.69, 9.17) is 23.2 Å². The molecule has 0 aliphatic rings. The Balaban J connectivity index is 2.33. The second-order valence-corrected chi connectivity index (χ2v) is 5.48. The van der Waals surface area contributed by atoms with E-state index in [0.717, 1.165) is 5.56 Å². The molecule has 0 saturated carbocycles. The fourth-order valence-corrected chi connectivity index (χ4v) is 2.75. The predicted molar refractivity (Wildman–Crippen MR) is 82.9 cm³/mol. The molecule has 0 amide bonds. The number of benzene rings is 2. The van der Waals surface area contributed by atoms with Gasteiger partial charge in [-0.3, -0.25) is 0 Å². The highest BCUT2D eigenvalue weighted by molar-refractivity contribution is 6.32. The normalized spacial score (nSPS) is 12.4. The molecule has 2 aromatic rings. The average Bonchev–Trinajstić information content (AvgIpc) is 2.43. The Labute approximate surface area is 132 Å². The Bertz CT molecular complexity index is 632. The number of hydrogen-bond donors (Lipinski definition) is 1. The van der Waals surface area contributed by atoms with E-state index < -0.39 is 5.82 Å². The number of halogens is 4. The molecule has 1 atom stereocenters. The molecule has 1 N–H and O–H groups in total. The van der Waals surface area contributed by atoms with Crippen molar-refractivity contribution in [2.24, 2.45) is 0 Å². The second kappa shape index (κ2) is 7.21. The molecule has 112 valence electrons. The Morgan fingerprint density at radius 2 is 1.90 bits per heavy atom. The maximum atomic E-state index is 13.5. The third-order valence-electron chi connectivity index (χ3n) is 3.24. The molecular weight excluding hydrogens is 315 g/mol. The number of rotatable bonds is 5. The van der Waals surface area contributed by atoms with Crippen LogP contribution < -0.4 is 5.32 Å². The summed E-state index contributed by atoms with van der Waals surface area (Å²) >= 11 is 12.1. The summed E-state index contributed by atoms with van der Waals surface area (Å²) < 4.78 is 26.7. The maximum absolute atomic E-state index is 13.5. The van der Waals surface area contributed by atoms with Crippen LogP contribution >= 0.6 is 23.2 Å². The maximum Gasteiger partial charge on any atom is 0.142 e. The van der Waals surface area contributed by atoms with Crippen molar-refractivity contribution in [3.63, 3.8) is 0 Å². The van der Waals surface area contributed by atoms with Gasteiger partial charge in [-0.25, -0.2) is 8.78 Å². The Kier molecular flexibility index (Phi) is 5.57. The van der Waals surface area contributed by atoms with Crippen molar-refractivity contribution in [3.8, 4) is 0 Å². The highest BCUT2D eigenvalue weighted by atomic mass is 35.5. The molecule has 0 radical (unpaired) electrons. The summed E-state index contributed by atoms with van der Waals surface area (Å²) in [7, 11) is 0. The van der Waals surface area contributed by atoms with Crippen LogP contribution in [-0.4, -0.2) is 6.54 Å². The fraction of sp³-hybridized carbons (Fsp3) is 0.250. The molecule has 0 aliphatic carbocycles. The minimum absolute atomic E-state index is 0.110. The van der Waals surface area contributed by atoms with Crippen molar-refractivity contribution in [2.45, 2.75) is 19.4 Å². The minimum Gasteiger partial charge on any atom is -0.310 e. The first-order chi connectivity index (χ1) is 10.0. The molecule has 2 aromatic carbocycles. The summed E-state index contributed by atoms with van der Waals surface area (Å²) in [6.45, 7) is 2.66. The SMILES string of the molecule is CCNC(Cc1cccc(F)c1Cl)c1ccc(F)cc1Cl. The lowest BCUT2D eigenvalue weighted by Crippen LogP contribution is -2.23. The molecule has 1 unspecified atom stereocenters. The van der Waals surface area contributed by atoms with Crippen molar-refractivity contribution in [3.05, 3.63) is 69.2 Å². The van der Waals surface area contributed by atoms with E-state index in [1.54, 1.807) is 18.2 Å². The first-order valence-corrected chi connectivity index (χ1v) is 7.39. The summed E-state index contributed by atoms with van der Waals surface area (Å²) in [6, 6.07) is 8.81. The van der Waals surface area contributed by atoms with Gasteiger partial charge in [-0.1, -0.05) is 48.3 Å². The highest BCUT2D eigenvalue weighted by Gasteiger charge is 2.17. The second-order valence-electron chi connectivity index (χ2n) is 4.69. The van der Waals surface area contributed by atoms with E-state index in [1.807, 2.05) is 6.92 Å². The van der Waals surface area contributed by atoms with Crippen LogP contribution in [0.2, 0.25) is 10.0 Å². The lowest BCUT2D eigenvalue weighted by molar-refractivity contribution is 0.545. The summed E-state index contributed by atoms with van der Waals surface area (Å²) in [6.07, 6.45) is 0.468. The van der Waals surface area contributed by atoms with Crippen molar-refractivity contribution < 1.29 is 8.78 Å². The zero-order valence-corrected chi connectivity index (χ0v) is 13.0. The van der Waals surface area contributed by atoms with Gasteiger partial charge in [0.2, 0.25) is 0 Å². The van der Waals surface area contributed by atoms with Crippen molar-refractivity contribution >= 4 is 23.2 Å². The van der Waals surface area contributed by atoms with E-state index in [-0.39, 0.29) is 16.9 Å². The van der Waals surface area contributed by atoms with Crippen molar-refractivity contribution in [2.75, 3.05) is 6.54 Å². The molecule has 0 bridgehead atoms. The van der Waals surface area contributed by atoms with Crippen LogP contribution in [0.1, 0.15) is 24.1 Å². The van der Waals surface area contributed by atoms with Gasteiger partial charge in [-0.15, -0.1) is 0 Å². The van der Waals surface area contributed by atoms with Crippen LogP contribution in [0.5, 0.6) is 0 Å². The minimum atomic E-state index is -0.449. The largest absolute Gasteiger partial charge is 0.310 e. The molecule has 21 heavy (non-hydrogen) atoms. The van der Waals surface area contributed by atoms with Gasteiger partial charge in [-0.05, 0) is 42.3 Å². The van der Waals surface area contributed by atoms with Crippen LogP contribution in [0.4, 0.5) is 8.78 Å². The smallest absolute Gasteiger partial charge is 0.142 e. The number of nitrogens with one attached hydrogen (secondary N) is 1. The van der Waals surface area contributed by atoms with Crippen LogP contribution in [-0.2, 0) is 6.42 Å². The average molecular weight is 330 g/mol. The topological polar surface area (TPSA) is 12.0 Å². The molecule has 0 aliphatic heterocycles. The van der Waals surface area contributed by atoms with Gasteiger partial charge in [0.1, 0.15) is 11.6 Å². The molecule has 0 aromatic heterocycles. The van der Waals surface area contributed by atoms with E-state index in [0.29, 0.717) is 23.6 Å². The molecule has 1 nitrogen and oxygen atoms in total. The van der Waals surface area contributed by atoms with E-state index in [9.17, 15) is 8.78 Å². The third-order valence-corrected chi connectivity index (χ3v) is 3.99. The lowest BCUT2D eigenvalue weighted by atomic mass is 9.98. The molecule has 2 rings (SSSR count). The zero-order chi connectivity index (χ0) is 15.4. The van der Waals surface area contributed by atoms with Crippen molar-refractivity contribution in [1.29, 1.82) is 0 Å². The summed E-state index contributed by atoms with van der Waals surface area (Å²) in [5.41, 5.74) is 1.45. The van der Waals surface area contributed by atoms with Crippen LogP contribution in [0.15, 0.2) is 36.4 Å². The molecule has 0 spiro atoms. The first-order valence-electron chi connectivity index (χ1n) is 6.64. The lowest BCUT2D eigenvalue weighted by Gasteiger charge is -2.20. The van der Waals surface area contributed by atoms with Gasteiger partial charge in [0, 0.05) is 11.1 Å². The van der Waals surface area contributed by atoms with E-state index in [1.165, 1.54) is 18.2 Å². The Morgan fingerprint density at radius 1 is 1.14 bits per heavy atom.